The molecule has 0 amide bonds. The molecule has 0 N–H and O–H groups in total. The van der Waals surface area contributed by atoms with Gasteiger partial charge in [0.2, 0.25) is 0 Å². The summed E-state index contributed by atoms with van der Waals surface area (Å²) in [5.74, 6) is 0.188. The van der Waals surface area contributed by atoms with Gasteiger partial charge in [-0.25, -0.2) is 0 Å². The predicted molar refractivity (Wildman–Crippen MR) is 25.2 cm³/mol. The summed E-state index contributed by atoms with van der Waals surface area (Å²) in [4.78, 5) is 0. The summed E-state index contributed by atoms with van der Waals surface area (Å²) < 4.78 is 19.9. The molecule has 38 valence electrons. The Kier molecular flexibility index (Phi) is 7.35. The zero-order valence-electron chi connectivity index (χ0n) is 4.34. The van der Waals surface area contributed by atoms with Crippen LogP contribution in [0.5, 0.6) is 0 Å². The van der Waals surface area contributed by atoms with Gasteiger partial charge in [-0.3, -0.25) is 0 Å². The first kappa shape index (κ1) is 11.4. The van der Waals surface area contributed by atoms with E-state index in [1.165, 1.54) is 0 Å². The maximum Gasteiger partial charge on any atom is 1.00 e. The Bertz CT molecular complexity index is 118. The van der Waals surface area contributed by atoms with Gasteiger partial charge < -0.3 is 0 Å². The molecular formula is C2H5NaO2SSe. The Morgan fingerprint density at radius 1 is 1.86 bits per heavy atom. The number of hydrogen-bond donors (Lipinski definition) is 0. The van der Waals surface area contributed by atoms with Crippen molar-refractivity contribution in [3.8, 4) is 0 Å². The van der Waals surface area contributed by atoms with Gasteiger partial charge in [0.05, 0.1) is 0 Å². The molecule has 0 rings (SSSR count). The van der Waals surface area contributed by atoms with Gasteiger partial charge in [-0.15, -0.1) is 0 Å². The first-order valence-electron chi connectivity index (χ1n) is 1.50. The quantitative estimate of drug-likeness (QED) is 0.407. The van der Waals surface area contributed by atoms with Crippen LogP contribution in [-0.4, -0.2) is 28.9 Å². The second-order valence-electron chi connectivity index (χ2n) is 0.846. The largest absolute Gasteiger partial charge is 1.00 e. The number of hydrogen-bond acceptors (Lipinski definition) is 2. The van der Waals surface area contributed by atoms with Gasteiger partial charge in [-0.05, 0) is 0 Å². The first-order valence-corrected chi connectivity index (χ1v) is 5.17. The Morgan fingerprint density at radius 2 is 2.00 bits per heavy atom. The molecule has 0 aromatic rings. The average Bonchev–Trinajstić information content (AvgIpc) is 1.35. The molecule has 0 heterocycles. The van der Waals surface area contributed by atoms with Crippen LogP contribution in [0.4, 0.5) is 0 Å². The van der Waals surface area contributed by atoms with Crippen LogP contribution in [0, 0.1) is 0 Å². The third kappa shape index (κ3) is 11.3. The minimum Gasteiger partial charge on any atom is 1.00 e. The molecule has 1 atom stereocenters. The van der Waals surface area contributed by atoms with Gasteiger partial charge in [0.15, 0.2) is 0 Å². The monoisotopic (exact) mass is 196 g/mol. The Hall–Kier alpha value is 1.63. The molecule has 1 unspecified atom stereocenters. The molecule has 2 nitrogen and oxygen atoms in total. The molecule has 0 aromatic heterocycles. The van der Waals surface area contributed by atoms with Crippen molar-refractivity contribution in [2.24, 2.45) is 0 Å². The van der Waals surface area contributed by atoms with Gasteiger partial charge in [0.25, 0.3) is 0 Å². The van der Waals surface area contributed by atoms with E-state index in [1.54, 1.807) is 6.92 Å². The van der Waals surface area contributed by atoms with E-state index < -0.39 is 8.14 Å². The normalized spacial score (nSPS) is 16.9. The summed E-state index contributed by atoms with van der Waals surface area (Å²) in [6.45, 7) is 1.59. The molecule has 0 saturated carbocycles. The standard InChI is InChI=1S/C2H6O2SSe.Na/c1-2-5(3,4)6;/h2H2,1H3,(H,3,4,6);/q;+1/p-1. The second-order valence-corrected chi connectivity index (χ2v) is 5.74. The van der Waals surface area contributed by atoms with Crippen LogP contribution in [0.2, 0.25) is 0 Å². The maximum atomic E-state index is 9.94. The van der Waals surface area contributed by atoms with Crippen molar-refractivity contribution in [1.82, 2.24) is 0 Å². The van der Waals surface area contributed by atoms with Crippen LogP contribution >= 0.6 is 0 Å². The molecule has 0 spiro atoms. The van der Waals surface area contributed by atoms with Crippen molar-refractivity contribution >= 4 is 22.5 Å². The minimum absolute atomic E-state index is 0. The summed E-state index contributed by atoms with van der Waals surface area (Å²) >= 11 is 2.04. The first-order chi connectivity index (χ1) is 2.56. The summed E-state index contributed by atoms with van der Waals surface area (Å²) in [7, 11) is -2.79. The summed E-state index contributed by atoms with van der Waals surface area (Å²) in [5.41, 5.74) is 0. The summed E-state index contributed by atoms with van der Waals surface area (Å²) in [6.07, 6.45) is 0. The van der Waals surface area contributed by atoms with Crippen molar-refractivity contribution in [3.05, 3.63) is 0 Å². The Morgan fingerprint density at radius 3 is 2.00 bits per heavy atom. The van der Waals surface area contributed by atoms with E-state index in [9.17, 15) is 8.76 Å². The van der Waals surface area contributed by atoms with E-state index in [2.05, 4.69) is 0 Å². The van der Waals surface area contributed by atoms with E-state index in [0.717, 1.165) is 0 Å². The Balaban J connectivity index is 0. The van der Waals surface area contributed by atoms with E-state index in [-0.39, 0.29) is 35.3 Å². The fourth-order valence-electron chi connectivity index (χ4n) is 0. The SMILES string of the molecule is CCS(=O)([O-])=[Se].[Na+]. The van der Waals surface area contributed by atoms with Crippen molar-refractivity contribution < 1.29 is 38.3 Å². The molecule has 0 radical (unpaired) electrons. The zero-order valence-corrected chi connectivity index (χ0v) is 8.87. The zero-order chi connectivity index (χ0) is 5.21. The van der Waals surface area contributed by atoms with E-state index in [4.69, 9.17) is 0 Å². The van der Waals surface area contributed by atoms with Gasteiger partial charge in [0, 0.05) is 0 Å². The van der Waals surface area contributed by atoms with Crippen LogP contribution < -0.4 is 29.6 Å². The summed E-state index contributed by atoms with van der Waals surface area (Å²) in [5, 5.41) is 0. The Labute approximate surface area is 72.9 Å². The molecule has 5 heteroatoms. The topological polar surface area (TPSA) is 40.1 Å². The van der Waals surface area contributed by atoms with Crippen molar-refractivity contribution in [2.75, 3.05) is 5.75 Å². The van der Waals surface area contributed by atoms with Crippen molar-refractivity contribution in [2.45, 2.75) is 6.92 Å². The van der Waals surface area contributed by atoms with Gasteiger partial charge in [-0.2, -0.15) is 0 Å². The van der Waals surface area contributed by atoms with Crippen LogP contribution in [0.1, 0.15) is 6.92 Å². The van der Waals surface area contributed by atoms with E-state index in [1.807, 2.05) is 14.4 Å². The van der Waals surface area contributed by atoms with Crippen LogP contribution in [-0.2, 0) is 8.14 Å². The molecule has 0 fully saturated rings. The molecule has 7 heavy (non-hydrogen) atoms. The molecule has 0 saturated heterocycles. The minimum atomic E-state index is -2.79. The molecule has 0 bridgehead atoms. The van der Waals surface area contributed by atoms with Crippen molar-refractivity contribution in [1.29, 1.82) is 0 Å². The van der Waals surface area contributed by atoms with E-state index in [0.29, 0.717) is 0 Å². The average molecular weight is 195 g/mol. The molecular weight excluding hydrogens is 190 g/mol. The van der Waals surface area contributed by atoms with Crippen LogP contribution in [0.25, 0.3) is 0 Å². The molecule has 0 aromatic carbocycles. The molecule has 0 aliphatic carbocycles. The second kappa shape index (κ2) is 4.50. The number of rotatable bonds is 1. The van der Waals surface area contributed by atoms with E-state index >= 15 is 0 Å². The fraction of sp³-hybridized carbons (Fsp3) is 1.00. The fourth-order valence-corrected chi connectivity index (χ4v) is 0. The smallest absolute Gasteiger partial charge is 1.00 e. The molecule has 0 aliphatic heterocycles. The maximum absolute atomic E-state index is 9.94. The van der Waals surface area contributed by atoms with Gasteiger partial charge >= 0.3 is 73.5 Å². The molecule has 0 aliphatic rings. The van der Waals surface area contributed by atoms with Gasteiger partial charge in [-0.1, -0.05) is 0 Å². The predicted octanol–water partition coefficient (Wildman–Crippen LogP) is -3.49. The van der Waals surface area contributed by atoms with Gasteiger partial charge in [0.1, 0.15) is 0 Å². The van der Waals surface area contributed by atoms with Crippen molar-refractivity contribution in [3.63, 3.8) is 0 Å². The third-order valence-electron chi connectivity index (χ3n) is 0.354. The third-order valence-corrected chi connectivity index (χ3v) is 2.54. The van der Waals surface area contributed by atoms with Crippen LogP contribution in [0.3, 0.4) is 0 Å². The van der Waals surface area contributed by atoms with Crippen LogP contribution in [0.15, 0.2) is 0 Å². The summed E-state index contributed by atoms with van der Waals surface area (Å²) in [6, 6.07) is 0.